The van der Waals surface area contributed by atoms with Crippen LogP contribution in [0, 0.1) is 6.92 Å². The van der Waals surface area contributed by atoms with Gasteiger partial charge in [-0.2, -0.15) is 0 Å². The zero-order chi connectivity index (χ0) is 26.5. The van der Waals surface area contributed by atoms with Crippen LogP contribution >= 0.6 is 0 Å². The quantitative estimate of drug-likeness (QED) is 0.325. The van der Waals surface area contributed by atoms with Crippen molar-refractivity contribution in [3.63, 3.8) is 0 Å². The summed E-state index contributed by atoms with van der Waals surface area (Å²) in [7, 11) is -7.85. The molecule has 0 atom stereocenters. The van der Waals surface area contributed by atoms with Gasteiger partial charge in [0.1, 0.15) is 6.54 Å². The van der Waals surface area contributed by atoms with Crippen molar-refractivity contribution in [3.8, 4) is 0 Å². The number of anilines is 3. The molecular formula is C27H25N3O5S2. The van der Waals surface area contributed by atoms with Gasteiger partial charge in [-0.25, -0.2) is 16.8 Å². The second-order valence-electron chi connectivity index (χ2n) is 8.21. The summed E-state index contributed by atoms with van der Waals surface area (Å²) in [6.45, 7) is 1.38. The lowest BCUT2D eigenvalue weighted by molar-refractivity contribution is -0.114. The molecule has 0 radical (unpaired) electrons. The van der Waals surface area contributed by atoms with Crippen LogP contribution in [-0.4, -0.2) is 29.3 Å². The van der Waals surface area contributed by atoms with Crippen LogP contribution in [0.5, 0.6) is 0 Å². The van der Waals surface area contributed by atoms with E-state index < -0.39 is 32.5 Å². The number of nitrogens with one attached hydrogen (secondary N) is 2. The van der Waals surface area contributed by atoms with Crippen LogP contribution < -0.4 is 14.3 Å². The Morgan fingerprint density at radius 3 is 1.95 bits per heavy atom. The Bertz CT molecular complexity index is 1590. The highest BCUT2D eigenvalue weighted by molar-refractivity contribution is 7.93. The van der Waals surface area contributed by atoms with E-state index in [1.807, 2.05) is 13.0 Å². The fourth-order valence-electron chi connectivity index (χ4n) is 3.60. The molecule has 0 unspecified atom stereocenters. The highest BCUT2D eigenvalue weighted by atomic mass is 32.2. The summed E-state index contributed by atoms with van der Waals surface area (Å²) in [5.74, 6) is -0.586. The standard InChI is InChI=1S/C27H25N3O5S2/c1-21-9-8-10-23(19-21)29-36(32,33)25-17-15-22(16-18-25)28-27(31)20-30(24-11-4-2-5-12-24)37(34,35)26-13-6-3-7-14-26/h2-19,29H,20H2,1H3,(H,28,31). The molecule has 10 heteroatoms. The molecule has 0 fully saturated rings. The second-order valence-corrected chi connectivity index (χ2v) is 11.8. The molecule has 0 saturated heterocycles. The highest BCUT2D eigenvalue weighted by Gasteiger charge is 2.27. The number of rotatable bonds is 9. The Morgan fingerprint density at radius 1 is 0.703 bits per heavy atom. The number of nitrogens with zero attached hydrogens (tertiary/aromatic N) is 1. The van der Waals surface area contributed by atoms with Gasteiger partial charge in [-0.05, 0) is 73.2 Å². The normalized spacial score (nSPS) is 11.5. The summed E-state index contributed by atoms with van der Waals surface area (Å²) in [5.41, 5.74) is 2.02. The Kier molecular flexibility index (Phi) is 7.61. The number of benzene rings is 4. The number of hydrogen-bond acceptors (Lipinski definition) is 5. The van der Waals surface area contributed by atoms with E-state index in [0.717, 1.165) is 9.87 Å². The second kappa shape index (κ2) is 10.9. The van der Waals surface area contributed by atoms with Gasteiger partial charge in [0.05, 0.1) is 15.5 Å². The zero-order valence-corrected chi connectivity index (χ0v) is 21.5. The fourth-order valence-corrected chi connectivity index (χ4v) is 6.09. The van der Waals surface area contributed by atoms with Gasteiger partial charge in [-0.15, -0.1) is 0 Å². The molecule has 4 aromatic rings. The molecule has 0 aromatic heterocycles. The van der Waals surface area contributed by atoms with Gasteiger partial charge in [-0.1, -0.05) is 48.5 Å². The minimum atomic E-state index is -4.02. The first-order valence-electron chi connectivity index (χ1n) is 11.3. The molecule has 2 N–H and O–H groups in total. The van der Waals surface area contributed by atoms with Crippen molar-refractivity contribution in [1.82, 2.24) is 0 Å². The lowest BCUT2D eigenvalue weighted by Crippen LogP contribution is -2.38. The fraction of sp³-hybridized carbons (Fsp3) is 0.0741. The summed E-state index contributed by atoms with van der Waals surface area (Å²) in [6.07, 6.45) is 0. The van der Waals surface area contributed by atoms with Gasteiger partial charge < -0.3 is 5.32 Å². The van der Waals surface area contributed by atoms with Crippen LogP contribution in [0.3, 0.4) is 0 Å². The van der Waals surface area contributed by atoms with Crippen LogP contribution in [0.25, 0.3) is 0 Å². The molecule has 190 valence electrons. The van der Waals surface area contributed by atoms with Gasteiger partial charge in [0.15, 0.2) is 0 Å². The molecular weight excluding hydrogens is 510 g/mol. The number of carbonyl (C=O) groups excluding carboxylic acids is 1. The number of amides is 1. The predicted octanol–water partition coefficient (Wildman–Crippen LogP) is 4.63. The summed E-state index contributed by atoms with van der Waals surface area (Å²) in [5, 5.41) is 2.64. The van der Waals surface area contributed by atoms with Crippen LogP contribution in [-0.2, 0) is 24.8 Å². The summed E-state index contributed by atoms with van der Waals surface area (Å²) >= 11 is 0. The summed E-state index contributed by atoms with van der Waals surface area (Å²) in [4.78, 5) is 13.0. The first-order valence-corrected chi connectivity index (χ1v) is 14.2. The molecule has 4 rings (SSSR count). The number of carbonyl (C=O) groups is 1. The lowest BCUT2D eigenvalue weighted by Gasteiger charge is -2.24. The average molecular weight is 536 g/mol. The molecule has 0 bridgehead atoms. The molecule has 0 aliphatic rings. The number of hydrogen-bond donors (Lipinski definition) is 2. The van der Waals surface area contributed by atoms with E-state index in [4.69, 9.17) is 0 Å². The Balaban J connectivity index is 1.50. The highest BCUT2D eigenvalue weighted by Crippen LogP contribution is 2.24. The summed E-state index contributed by atoms with van der Waals surface area (Å²) in [6, 6.07) is 28.8. The maximum absolute atomic E-state index is 13.3. The van der Waals surface area contributed by atoms with Crippen molar-refractivity contribution in [2.75, 3.05) is 20.9 Å². The van der Waals surface area contributed by atoms with Gasteiger partial charge in [0.25, 0.3) is 20.0 Å². The molecule has 8 nitrogen and oxygen atoms in total. The summed E-state index contributed by atoms with van der Waals surface area (Å²) < 4.78 is 55.6. The third kappa shape index (κ3) is 6.35. The molecule has 1 amide bonds. The minimum Gasteiger partial charge on any atom is -0.325 e. The number of sulfonamides is 2. The van der Waals surface area contributed by atoms with Crippen LogP contribution in [0.4, 0.5) is 17.1 Å². The van der Waals surface area contributed by atoms with E-state index in [0.29, 0.717) is 17.1 Å². The predicted molar refractivity (Wildman–Crippen MR) is 144 cm³/mol. The zero-order valence-electron chi connectivity index (χ0n) is 19.9. The third-order valence-corrected chi connectivity index (χ3v) is 8.57. The smallest absolute Gasteiger partial charge is 0.264 e. The first kappa shape index (κ1) is 25.9. The molecule has 0 heterocycles. The van der Waals surface area contributed by atoms with Crippen molar-refractivity contribution in [1.29, 1.82) is 0 Å². The van der Waals surface area contributed by atoms with Gasteiger partial charge in [0, 0.05) is 11.4 Å². The van der Waals surface area contributed by atoms with Crippen molar-refractivity contribution < 1.29 is 21.6 Å². The maximum Gasteiger partial charge on any atom is 0.264 e. The largest absolute Gasteiger partial charge is 0.325 e. The van der Waals surface area contributed by atoms with Crippen molar-refractivity contribution in [3.05, 3.63) is 115 Å². The van der Waals surface area contributed by atoms with Gasteiger partial charge >= 0.3 is 0 Å². The van der Waals surface area contributed by atoms with E-state index in [1.165, 1.54) is 36.4 Å². The van der Waals surface area contributed by atoms with Crippen LogP contribution in [0.2, 0.25) is 0 Å². The van der Waals surface area contributed by atoms with Crippen molar-refractivity contribution in [2.45, 2.75) is 16.7 Å². The minimum absolute atomic E-state index is 0.0181. The number of para-hydroxylation sites is 1. The number of aryl methyl sites for hydroxylation is 1. The molecule has 37 heavy (non-hydrogen) atoms. The topological polar surface area (TPSA) is 113 Å². The van der Waals surface area contributed by atoms with E-state index in [2.05, 4.69) is 10.0 Å². The van der Waals surface area contributed by atoms with Gasteiger partial charge in [0.2, 0.25) is 5.91 Å². The molecule has 0 saturated carbocycles. The Hall–Kier alpha value is -4.15. The Labute approximate surface area is 216 Å². The van der Waals surface area contributed by atoms with Crippen LogP contribution in [0.15, 0.2) is 119 Å². The third-order valence-electron chi connectivity index (χ3n) is 5.38. The SMILES string of the molecule is Cc1cccc(NS(=O)(=O)c2ccc(NC(=O)CN(c3ccccc3)S(=O)(=O)c3ccccc3)cc2)c1. The average Bonchev–Trinajstić information content (AvgIpc) is 2.88. The Morgan fingerprint density at radius 2 is 1.32 bits per heavy atom. The van der Waals surface area contributed by atoms with E-state index in [9.17, 15) is 21.6 Å². The molecule has 0 aliphatic heterocycles. The molecule has 0 spiro atoms. The van der Waals surface area contributed by atoms with Crippen LogP contribution in [0.1, 0.15) is 5.56 Å². The first-order chi connectivity index (χ1) is 17.6. The van der Waals surface area contributed by atoms with Crippen molar-refractivity contribution in [2.24, 2.45) is 0 Å². The lowest BCUT2D eigenvalue weighted by atomic mass is 10.2. The van der Waals surface area contributed by atoms with E-state index in [1.54, 1.807) is 66.7 Å². The van der Waals surface area contributed by atoms with E-state index in [-0.39, 0.29) is 9.79 Å². The monoisotopic (exact) mass is 535 g/mol. The molecule has 0 aliphatic carbocycles. The maximum atomic E-state index is 13.3. The van der Waals surface area contributed by atoms with Gasteiger partial charge in [-0.3, -0.25) is 13.8 Å². The van der Waals surface area contributed by atoms with Crippen molar-refractivity contribution >= 4 is 43.0 Å². The van der Waals surface area contributed by atoms with E-state index >= 15 is 0 Å². The molecule has 4 aromatic carbocycles.